The van der Waals surface area contributed by atoms with Gasteiger partial charge in [-0.3, -0.25) is 24.5 Å². The maximum Gasteiger partial charge on any atom is 0.160 e. The number of nitrogens with one attached hydrogen (secondary N) is 7. The van der Waals surface area contributed by atoms with E-state index >= 15 is 0 Å². The van der Waals surface area contributed by atoms with Crippen LogP contribution in [0, 0.1) is 0 Å². The monoisotopic (exact) mass is 1090 g/mol. The smallest absolute Gasteiger partial charge is 0.160 e. The highest BCUT2D eigenvalue weighted by Crippen LogP contribution is 2.23. The van der Waals surface area contributed by atoms with E-state index in [1.165, 1.54) is 119 Å². The molecule has 0 atom stereocenters. The van der Waals surface area contributed by atoms with Gasteiger partial charge < -0.3 is 35.8 Å². The molecule has 80 heavy (non-hydrogen) atoms. The van der Waals surface area contributed by atoms with E-state index in [1.54, 1.807) is 35.9 Å². The lowest BCUT2D eigenvalue weighted by atomic mass is 10.0. The van der Waals surface area contributed by atoms with Crippen LogP contribution in [0.5, 0.6) is 0 Å². The Labute approximate surface area is 469 Å². The largest absolute Gasteiger partial charge is 0.351 e. The van der Waals surface area contributed by atoms with Gasteiger partial charge in [0.05, 0.1) is 65.2 Å². The third kappa shape index (κ3) is 16.0. The molecule has 0 aromatic carbocycles. The van der Waals surface area contributed by atoms with Crippen LogP contribution in [0.4, 0.5) is 0 Å². The maximum atomic E-state index is 4.28. The van der Waals surface area contributed by atoms with Crippen LogP contribution in [0.1, 0.15) is 77.4 Å². The summed E-state index contributed by atoms with van der Waals surface area (Å²) in [5.41, 5.74) is 19.5. The summed E-state index contributed by atoms with van der Waals surface area (Å²) in [6.07, 6.45) is 35.4. The molecule has 0 saturated carbocycles. The molecular weight excluding hydrogens is 1020 g/mol. The Balaban J connectivity index is 0.000000101. The van der Waals surface area contributed by atoms with E-state index < -0.39 is 0 Å². The third-order valence-corrected chi connectivity index (χ3v) is 15.2. The highest BCUT2D eigenvalue weighted by atomic mass is 32.1. The Morgan fingerprint density at radius 2 is 1.49 bits per heavy atom. The Hall–Kier alpha value is -8.15. The van der Waals surface area contributed by atoms with Gasteiger partial charge in [-0.15, -0.1) is 21.5 Å². The number of hydrogen-bond donors (Lipinski definition) is 7. The molecule has 0 fully saturated rings. The molecule has 0 radical (unpaired) electrons. The van der Waals surface area contributed by atoms with E-state index in [1.807, 2.05) is 94.7 Å². The predicted molar refractivity (Wildman–Crippen MR) is 315 cm³/mol. The van der Waals surface area contributed by atoms with E-state index in [-0.39, 0.29) is 0 Å². The Morgan fingerprint density at radius 3 is 2.35 bits per heavy atom. The molecule has 10 aromatic rings. The average Bonchev–Trinajstić information content (AvgIpc) is 4.36. The van der Waals surface area contributed by atoms with Crippen molar-refractivity contribution in [2.24, 2.45) is 9.98 Å². The fourth-order valence-corrected chi connectivity index (χ4v) is 10.7. The first-order chi connectivity index (χ1) is 39.7. The number of nitrogens with zero attached hydrogens (tertiary/aromatic N) is 14. The maximum absolute atomic E-state index is 4.28. The highest BCUT2D eigenvalue weighted by molar-refractivity contribution is 7.09. The van der Waals surface area contributed by atoms with Crippen molar-refractivity contribution in [3.8, 4) is 0 Å². The van der Waals surface area contributed by atoms with Crippen LogP contribution in [-0.4, -0.2) is 132 Å². The molecule has 17 heterocycles. The number of imidazole rings is 2. The molecule has 18 rings (SSSR count). The second-order valence-corrected chi connectivity index (χ2v) is 20.6. The lowest BCUT2D eigenvalue weighted by Gasteiger charge is -2.12. The van der Waals surface area contributed by atoms with Crippen LogP contribution < -0.4 is 21.3 Å². The van der Waals surface area contributed by atoms with E-state index in [9.17, 15) is 0 Å². The molecule has 0 spiro atoms. The van der Waals surface area contributed by atoms with Gasteiger partial charge in [0.15, 0.2) is 11.3 Å². The molecule has 0 bridgehead atoms. The molecule has 10 aromatic heterocycles. The summed E-state index contributed by atoms with van der Waals surface area (Å²) >= 11 is 1.81. The van der Waals surface area contributed by atoms with Crippen molar-refractivity contribution in [1.29, 1.82) is 0 Å². The molecule has 7 aliphatic heterocycles. The number of rotatable bonds is 0. The van der Waals surface area contributed by atoms with E-state index in [0.29, 0.717) is 0 Å². The molecular formula is C58H71N21S. The van der Waals surface area contributed by atoms with Gasteiger partial charge in [0.1, 0.15) is 12.7 Å². The summed E-state index contributed by atoms with van der Waals surface area (Å²) in [6, 6.07) is 17.7. The molecule has 21 nitrogen and oxygen atoms in total. The zero-order valence-corrected chi connectivity index (χ0v) is 46.0. The van der Waals surface area contributed by atoms with Crippen molar-refractivity contribution in [3.63, 3.8) is 0 Å². The topological polar surface area (TPSA) is 250 Å². The first-order valence-electron chi connectivity index (χ1n) is 27.8. The quantitative estimate of drug-likeness (QED) is 0.0805. The van der Waals surface area contributed by atoms with Crippen LogP contribution in [-0.2, 0) is 51.7 Å². The second kappa shape index (κ2) is 29.7. The predicted octanol–water partition coefficient (Wildman–Crippen LogP) is 7.05. The Kier molecular flexibility index (Phi) is 20.5. The number of pyridine rings is 3. The summed E-state index contributed by atoms with van der Waals surface area (Å²) in [4.78, 5) is 36.4. The Morgan fingerprint density at radius 1 is 0.637 bits per heavy atom. The van der Waals surface area contributed by atoms with Crippen LogP contribution in [0.3, 0.4) is 0 Å². The van der Waals surface area contributed by atoms with E-state index in [0.717, 1.165) is 107 Å². The summed E-state index contributed by atoms with van der Waals surface area (Å²) < 4.78 is 5.90. The fourth-order valence-electron chi connectivity index (χ4n) is 9.87. The van der Waals surface area contributed by atoms with Gasteiger partial charge in [-0.05, 0) is 111 Å². The SMILES string of the molecule is C1=NC2=C(C1)CNCC2.C1=NCC2=C1CCNC2.c1cc2n(c1)CCC2.c1cc2nc[nH]c2cn1.c1ccn2cnnc2c1.c1ccn2ncnc2c1.c1n[nH]c2c1CNCC2.c1nc2c([nH]1)CNCC2.c1nc2c(s1)CCCC2. The number of thiazole rings is 1. The summed E-state index contributed by atoms with van der Waals surface area (Å²) in [7, 11) is 0. The zero-order valence-electron chi connectivity index (χ0n) is 45.2. The standard InChI is InChI=1S/2C7H10N2.C7H9NS.C7H9N.2C6H9N3.3C6H5N3/c1-4-9-7-2-3-8-5-6(1)7;1-2-8-4-7-5-9-3-6(1)7;1-2-4-7-6(3-1)8-5-9-7;1-3-7-4-2-6-8(7)5-1;1-2-7-3-5-4-8-9-6(1)5;2*1-2-7-3-6-5(1)8-4-9-6;1-2-4-9-5-7-8-6(9)3-1;1-2-4-9-6(3-1)7-5-8-9/h4,8H,1-3,5H2;3,8H,1-2,4-5H2;5H,1-4H2;1,3,5H,2,4,6H2;2*4,7H,1-3H2,(H,8,9);1-4H,(H,8,9);2*1-5H. The second-order valence-electron chi connectivity index (χ2n) is 19.7. The number of aromatic amines is 3. The number of aryl methyl sites for hydroxylation is 4. The van der Waals surface area contributed by atoms with Gasteiger partial charge in [-0.2, -0.15) is 10.2 Å². The number of hydrogen-bond acceptors (Lipinski definition) is 16. The number of fused-ring (bicyclic) bond motifs is 7. The van der Waals surface area contributed by atoms with Gasteiger partial charge in [0.2, 0.25) is 0 Å². The van der Waals surface area contributed by atoms with Gasteiger partial charge in [-0.1, -0.05) is 12.1 Å². The van der Waals surface area contributed by atoms with Crippen LogP contribution >= 0.6 is 11.3 Å². The van der Waals surface area contributed by atoms with Crippen LogP contribution in [0.15, 0.2) is 155 Å². The lowest BCUT2D eigenvalue weighted by Crippen LogP contribution is -2.24. The molecule has 22 heteroatoms. The molecule has 414 valence electrons. The minimum Gasteiger partial charge on any atom is -0.351 e. The van der Waals surface area contributed by atoms with E-state index in [4.69, 9.17) is 0 Å². The van der Waals surface area contributed by atoms with Crippen molar-refractivity contribution in [3.05, 3.63) is 184 Å². The molecule has 1 aliphatic carbocycles. The number of aromatic nitrogens is 15. The van der Waals surface area contributed by atoms with Crippen molar-refractivity contribution in [1.82, 2.24) is 95.1 Å². The van der Waals surface area contributed by atoms with Gasteiger partial charge in [0.25, 0.3) is 0 Å². The minimum atomic E-state index is 0.887. The highest BCUT2D eigenvalue weighted by Gasteiger charge is 2.15. The zero-order chi connectivity index (χ0) is 54.2. The lowest BCUT2D eigenvalue weighted by molar-refractivity contribution is 0.627. The number of H-pyrrole nitrogens is 3. The minimum absolute atomic E-state index is 0.887. The van der Waals surface area contributed by atoms with Gasteiger partial charge in [-0.25, -0.2) is 24.5 Å². The summed E-state index contributed by atoms with van der Waals surface area (Å²) in [5.74, 6) is 0. The molecule has 0 saturated heterocycles. The normalized spacial score (nSPS) is 16.6. The van der Waals surface area contributed by atoms with Crippen molar-refractivity contribution in [2.45, 2.75) is 90.3 Å². The van der Waals surface area contributed by atoms with E-state index in [2.05, 4.69) is 115 Å². The molecule has 0 amide bonds. The molecule has 8 aliphatic rings. The average molecular weight is 1090 g/mol. The number of aliphatic imine (C=N–C) groups is 2. The first kappa shape index (κ1) is 55.2. The van der Waals surface area contributed by atoms with Gasteiger partial charge in [0, 0.05) is 143 Å². The molecule has 0 unspecified atom stereocenters. The van der Waals surface area contributed by atoms with Crippen molar-refractivity contribution in [2.75, 3.05) is 45.8 Å². The summed E-state index contributed by atoms with van der Waals surface area (Å²) in [5, 5.41) is 31.5. The van der Waals surface area contributed by atoms with Crippen molar-refractivity contribution >= 4 is 46.1 Å². The third-order valence-electron chi connectivity index (χ3n) is 14.2. The summed E-state index contributed by atoms with van der Waals surface area (Å²) in [6.45, 7) is 10.6. The van der Waals surface area contributed by atoms with Gasteiger partial charge >= 0.3 is 0 Å². The van der Waals surface area contributed by atoms with Crippen molar-refractivity contribution < 1.29 is 0 Å². The fraction of sp³-hybridized carbons (Fsp3) is 0.362. The Bertz CT molecular complexity index is 3080. The van der Waals surface area contributed by atoms with Crippen LogP contribution in [0.25, 0.3) is 22.3 Å². The van der Waals surface area contributed by atoms with Crippen LogP contribution in [0.2, 0.25) is 0 Å². The first-order valence-corrected chi connectivity index (χ1v) is 28.6. The molecule has 7 N–H and O–H groups in total.